The molecule has 0 N–H and O–H groups in total. The molecule has 8 saturated carbocycles. The number of esters is 2. The molecule has 0 aromatic rings. The van der Waals surface area contributed by atoms with Crippen LogP contribution in [0, 0.1) is 65.1 Å². The Morgan fingerprint density at radius 1 is 0.879 bits per heavy atom. The number of fused-ring (bicyclic) bond motifs is 9. The predicted octanol–water partition coefficient (Wildman–Crippen LogP) is 5.35. The molecule has 0 spiro atoms. The van der Waals surface area contributed by atoms with E-state index in [9.17, 15) is 9.59 Å². The number of carbonyl (C=O) groups is 2. The average molecular weight is 569 g/mol. The first-order valence-electron chi connectivity index (χ1n) is 13.7. The van der Waals surface area contributed by atoms with Gasteiger partial charge in [0.25, 0.3) is 0 Å². The van der Waals surface area contributed by atoms with Crippen molar-refractivity contribution in [2.24, 2.45) is 65.1 Å². The van der Waals surface area contributed by atoms with Crippen LogP contribution in [0.25, 0.3) is 0 Å². The molecule has 0 amide bonds. The van der Waals surface area contributed by atoms with Gasteiger partial charge < -0.3 is 0 Å². The summed E-state index contributed by atoms with van der Waals surface area (Å²) in [6.45, 7) is 4.35. The molecular weight excluding hydrogens is 527 g/mol. The molecule has 8 bridgehead atoms. The van der Waals surface area contributed by atoms with Crippen molar-refractivity contribution >= 4 is 31.8 Å². The maximum absolute atomic E-state index is 13.7. The van der Waals surface area contributed by atoms with Crippen molar-refractivity contribution in [3.8, 4) is 0 Å². The molecule has 8 rings (SSSR count). The van der Waals surface area contributed by atoms with Crippen molar-refractivity contribution in [3.05, 3.63) is 0 Å². The standard InChI is InChI=1S/C28H41IO4/c1-13(29(3)4)26(30)32-23-12-17-11-21(23)25-19-9-16(24(17)25)10-20(19)27(31)33-28(2)18-6-14-5-15(8-18)22(28)7-14/h13-25H,5-12H2,1-4H3. The molecule has 5 heteroatoms. The molecule has 33 heavy (non-hydrogen) atoms. The van der Waals surface area contributed by atoms with Gasteiger partial charge in [0.1, 0.15) is 0 Å². The van der Waals surface area contributed by atoms with E-state index in [4.69, 9.17) is 9.47 Å². The Hall–Kier alpha value is -0.330. The third-order valence-electron chi connectivity index (χ3n) is 12.2. The Morgan fingerprint density at radius 3 is 2.39 bits per heavy atom. The molecule has 0 saturated heterocycles. The molecule has 14 unspecified atom stereocenters. The van der Waals surface area contributed by atoms with Crippen molar-refractivity contribution < 1.29 is 19.1 Å². The van der Waals surface area contributed by atoms with Gasteiger partial charge in [-0.05, 0) is 37.5 Å². The van der Waals surface area contributed by atoms with Crippen LogP contribution in [-0.4, -0.2) is 37.4 Å². The minimum absolute atomic E-state index is 0.0532. The number of carbonyl (C=O) groups excluding carboxylic acids is 2. The number of halogens is 1. The predicted molar refractivity (Wildman–Crippen MR) is 135 cm³/mol. The third kappa shape index (κ3) is 2.98. The molecule has 0 aliphatic heterocycles. The normalized spacial score (nSPS) is 55.7. The Kier molecular flexibility index (Phi) is 4.88. The van der Waals surface area contributed by atoms with Crippen molar-refractivity contribution in [2.45, 2.75) is 80.8 Å². The van der Waals surface area contributed by atoms with Crippen LogP contribution in [0.5, 0.6) is 0 Å². The zero-order chi connectivity index (χ0) is 22.8. The summed E-state index contributed by atoms with van der Waals surface area (Å²) in [5.74, 6) is 7.00. The minimum atomic E-state index is -1.20. The third-order valence-corrected chi connectivity index (χ3v) is 16.4. The second kappa shape index (κ2) is 7.35. The molecule has 8 fully saturated rings. The number of hydrogen-bond donors (Lipinski definition) is 0. The molecule has 8 aliphatic rings. The summed E-state index contributed by atoms with van der Waals surface area (Å²) in [7, 11) is 0. The molecule has 0 heterocycles. The van der Waals surface area contributed by atoms with Gasteiger partial charge in [-0.25, -0.2) is 0 Å². The van der Waals surface area contributed by atoms with Gasteiger partial charge in [-0.1, -0.05) is 0 Å². The average Bonchev–Trinajstić information content (AvgIpc) is 3.58. The van der Waals surface area contributed by atoms with Crippen LogP contribution in [-0.2, 0) is 19.1 Å². The summed E-state index contributed by atoms with van der Waals surface area (Å²) in [5.41, 5.74) is -0.194. The molecule has 184 valence electrons. The fourth-order valence-electron chi connectivity index (χ4n) is 10.9. The molecule has 0 radical (unpaired) electrons. The number of ether oxygens (including phenoxy) is 2. The van der Waals surface area contributed by atoms with E-state index in [1.807, 2.05) is 0 Å². The van der Waals surface area contributed by atoms with Gasteiger partial charge in [-0.2, -0.15) is 0 Å². The van der Waals surface area contributed by atoms with Gasteiger partial charge >= 0.3 is 169 Å². The van der Waals surface area contributed by atoms with Gasteiger partial charge in [-0.3, -0.25) is 0 Å². The molecule has 0 aromatic heterocycles. The summed E-state index contributed by atoms with van der Waals surface area (Å²) in [6.07, 6.45) is 9.94. The van der Waals surface area contributed by atoms with Crippen molar-refractivity contribution in [1.29, 1.82) is 0 Å². The van der Waals surface area contributed by atoms with Gasteiger partial charge in [0.05, 0.1) is 0 Å². The van der Waals surface area contributed by atoms with Gasteiger partial charge in [0.2, 0.25) is 0 Å². The second-order valence-corrected chi connectivity index (χ2v) is 20.0. The molecule has 4 nitrogen and oxygen atoms in total. The molecule has 14 atom stereocenters. The number of rotatable bonds is 5. The fraction of sp³-hybridized carbons (Fsp3) is 0.929. The zero-order valence-electron chi connectivity index (χ0n) is 20.7. The van der Waals surface area contributed by atoms with Crippen LogP contribution in [0.3, 0.4) is 0 Å². The van der Waals surface area contributed by atoms with E-state index in [2.05, 4.69) is 23.7 Å². The van der Waals surface area contributed by atoms with Crippen molar-refractivity contribution in [1.82, 2.24) is 0 Å². The topological polar surface area (TPSA) is 52.6 Å². The summed E-state index contributed by atoms with van der Waals surface area (Å²) < 4.78 is 12.8. The van der Waals surface area contributed by atoms with E-state index < -0.39 is 19.8 Å². The maximum atomic E-state index is 13.7. The Balaban J connectivity index is 1.05. The first kappa shape index (κ1) is 21.9. The van der Waals surface area contributed by atoms with Crippen LogP contribution >= 0.6 is 19.8 Å². The van der Waals surface area contributed by atoms with E-state index in [1.54, 1.807) is 0 Å². The van der Waals surface area contributed by atoms with Crippen molar-refractivity contribution in [3.63, 3.8) is 0 Å². The Morgan fingerprint density at radius 2 is 1.64 bits per heavy atom. The Labute approximate surface area is 206 Å². The summed E-state index contributed by atoms with van der Waals surface area (Å²) in [4.78, 5) is 30.9. The van der Waals surface area contributed by atoms with Crippen LogP contribution in [0.4, 0.5) is 0 Å². The molecule has 8 aliphatic carbocycles. The first-order chi connectivity index (χ1) is 15.7. The fourth-order valence-corrected chi connectivity index (χ4v) is 12.0. The van der Waals surface area contributed by atoms with E-state index in [0.29, 0.717) is 35.5 Å². The summed E-state index contributed by atoms with van der Waals surface area (Å²) in [6, 6.07) is 0. The zero-order valence-corrected chi connectivity index (χ0v) is 22.8. The number of alkyl halides is 3. The van der Waals surface area contributed by atoms with E-state index in [1.165, 1.54) is 38.5 Å². The first-order valence-corrected chi connectivity index (χ1v) is 19.2. The van der Waals surface area contributed by atoms with Gasteiger partial charge in [0.15, 0.2) is 0 Å². The van der Waals surface area contributed by atoms with Crippen molar-refractivity contribution in [2.75, 3.05) is 9.86 Å². The van der Waals surface area contributed by atoms with E-state index >= 15 is 0 Å². The van der Waals surface area contributed by atoms with Crippen LogP contribution < -0.4 is 0 Å². The van der Waals surface area contributed by atoms with E-state index in [-0.39, 0.29) is 33.5 Å². The monoisotopic (exact) mass is 568 g/mol. The SMILES string of the molecule is CC(C(=O)OC1CC2CC1C1C3CC(CC3C(=O)OC3(C)C4CC5CC(C4)C3C5)C21)I(C)C. The van der Waals surface area contributed by atoms with Gasteiger partial charge in [-0.15, -0.1) is 0 Å². The summed E-state index contributed by atoms with van der Waals surface area (Å²) in [5, 5.41) is 0. The number of hydrogen-bond acceptors (Lipinski definition) is 4. The van der Waals surface area contributed by atoms with Crippen LogP contribution in [0.15, 0.2) is 0 Å². The summed E-state index contributed by atoms with van der Waals surface area (Å²) >= 11 is -1.20. The second-order valence-electron chi connectivity index (χ2n) is 13.4. The van der Waals surface area contributed by atoms with Crippen LogP contribution in [0.1, 0.15) is 65.2 Å². The quantitative estimate of drug-likeness (QED) is 0.194. The molecule has 0 aromatic carbocycles. The molecular formula is C28H41IO4. The van der Waals surface area contributed by atoms with E-state index in [0.717, 1.165) is 36.5 Å². The Bertz CT molecular complexity index is 868. The van der Waals surface area contributed by atoms with Gasteiger partial charge in [0, 0.05) is 0 Å². The van der Waals surface area contributed by atoms with Crippen LogP contribution in [0.2, 0.25) is 0 Å².